The van der Waals surface area contributed by atoms with Crippen LogP contribution in [0.15, 0.2) is 0 Å². The maximum atomic E-state index is 12.7. The molecule has 0 bridgehead atoms. The molecule has 2 saturated heterocycles. The van der Waals surface area contributed by atoms with Gasteiger partial charge in [0, 0.05) is 39.3 Å². The van der Waals surface area contributed by atoms with Crippen LogP contribution >= 0.6 is 0 Å². The molecule has 2 aliphatic heterocycles. The molecule has 152 valence electrons. The fraction of sp³-hybridized carbons (Fsp3) is 0.929. The molecule has 2 aliphatic rings. The number of carbonyl (C=O) groups excluding carboxylic acids is 1. The van der Waals surface area contributed by atoms with E-state index in [1.54, 1.807) is 13.8 Å². The standard InChI is InChI=1S/C14H24F3N3O5S/c1-11-7-20(8-12(2)25-11)26(22,23)19-5-3-18(4-6-19)13(21)9-24-10-14(15,16)17/h11-12H,3-10H2,1-2H3. The lowest BCUT2D eigenvalue weighted by molar-refractivity contribution is -0.178. The van der Waals surface area contributed by atoms with Crippen molar-refractivity contribution in [3.05, 3.63) is 0 Å². The lowest BCUT2D eigenvalue weighted by Gasteiger charge is -2.40. The van der Waals surface area contributed by atoms with Gasteiger partial charge in [-0.2, -0.15) is 30.2 Å². The SMILES string of the molecule is CC1CN(S(=O)(=O)N2CCN(C(=O)COCC(F)(F)F)CC2)CC(C)O1. The van der Waals surface area contributed by atoms with E-state index in [0.717, 1.165) is 0 Å². The number of morpholine rings is 1. The second kappa shape index (κ2) is 8.38. The minimum atomic E-state index is -4.49. The smallest absolute Gasteiger partial charge is 0.373 e. The van der Waals surface area contributed by atoms with Gasteiger partial charge in [-0.25, -0.2) is 0 Å². The molecule has 2 heterocycles. The Hall–Kier alpha value is -0.950. The van der Waals surface area contributed by atoms with E-state index in [4.69, 9.17) is 4.74 Å². The molecule has 1 amide bonds. The van der Waals surface area contributed by atoms with Gasteiger partial charge < -0.3 is 14.4 Å². The Bertz CT molecular complexity index is 583. The molecule has 2 rings (SSSR count). The Morgan fingerprint density at radius 3 is 2.12 bits per heavy atom. The molecule has 0 spiro atoms. The lowest BCUT2D eigenvalue weighted by Crippen LogP contribution is -2.58. The summed E-state index contributed by atoms with van der Waals surface area (Å²) >= 11 is 0. The van der Waals surface area contributed by atoms with Crippen LogP contribution in [0.2, 0.25) is 0 Å². The highest BCUT2D eigenvalue weighted by atomic mass is 32.2. The summed E-state index contributed by atoms with van der Waals surface area (Å²) in [5.41, 5.74) is 0. The van der Waals surface area contributed by atoms with Gasteiger partial charge in [-0.05, 0) is 13.8 Å². The monoisotopic (exact) mass is 403 g/mol. The molecule has 26 heavy (non-hydrogen) atoms. The van der Waals surface area contributed by atoms with Crippen LogP contribution in [0, 0.1) is 0 Å². The third-order valence-corrected chi connectivity index (χ3v) is 6.09. The zero-order chi connectivity index (χ0) is 19.5. The van der Waals surface area contributed by atoms with Gasteiger partial charge in [-0.15, -0.1) is 0 Å². The van der Waals surface area contributed by atoms with Crippen LogP contribution in [0.25, 0.3) is 0 Å². The molecule has 2 fully saturated rings. The first-order valence-corrected chi connectivity index (χ1v) is 9.71. The highest BCUT2D eigenvalue weighted by molar-refractivity contribution is 7.86. The summed E-state index contributed by atoms with van der Waals surface area (Å²) in [6.07, 6.45) is -4.90. The van der Waals surface area contributed by atoms with Crippen LogP contribution in [-0.4, -0.2) is 98.7 Å². The molecule has 0 aromatic rings. The van der Waals surface area contributed by atoms with Crippen molar-refractivity contribution in [1.29, 1.82) is 0 Å². The van der Waals surface area contributed by atoms with Gasteiger partial charge in [0.2, 0.25) is 5.91 Å². The van der Waals surface area contributed by atoms with Crippen molar-refractivity contribution in [2.75, 3.05) is 52.5 Å². The first kappa shape index (κ1) is 21.4. The number of piperazine rings is 1. The molecule has 0 aliphatic carbocycles. The van der Waals surface area contributed by atoms with E-state index in [-0.39, 0.29) is 51.5 Å². The first-order chi connectivity index (χ1) is 12.0. The summed E-state index contributed by atoms with van der Waals surface area (Å²) in [5.74, 6) is -0.583. The van der Waals surface area contributed by atoms with Gasteiger partial charge in [0.1, 0.15) is 13.2 Å². The normalized spacial score (nSPS) is 26.9. The summed E-state index contributed by atoms with van der Waals surface area (Å²) in [6.45, 7) is 2.37. The number of nitrogens with zero attached hydrogens (tertiary/aromatic N) is 3. The summed E-state index contributed by atoms with van der Waals surface area (Å²) in [6, 6.07) is 0. The maximum absolute atomic E-state index is 12.7. The molecular formula is C14H24F3N3O5S. The molecule has 2 atom stereocenters. The van der Waals surface area contributed by atoms with Crippen LogP contribution in [-0.2, 0) is 24.5 Å². The van der Waals surface area contributed by atoms with Gasteiger partial charge in [0.15, 0.2) is 0 Å². The van der Waals surface area contributed by atoms with E-state index in [1.165, 1.54) is 13.5 Å². The molecule has 0 aromatic heterocycles. The molecular weight excluding hydrogens is 379 g/mol. The molecule has 0 aromatic carbocycles. The summed E-state index contributed by atoms with van der Waals surface area (Å²) in [5, 5.41) is 0. The third kappa shape index (κ3) is 5.78. The Kier molecular flexibility index (Phi) is 6.88. The van der Waals surface area contributed by atoms with Crippen LogP contribution in [0.3, 0.4) is 0 Å². The largest absolute Gasteiger partial charge is 0.411 e. The summed E-state index contributed by atoms with van der Waals surface area (Å²) in [7, 11) is -3.67. The number of halogens is 3. The van der Waals surface area contributed by atoms with Crippen molar-refractivity contribution in [2.45, 2.75) is 32.2 Å². The number of alkyl halides is 3. The lowest BCUT2D eigenvalue weighted by atomic mass is 10.3. The average Bonchev–Trinajstić information content (AvgIpc) is 2.52. The van der Waals surface area contributed by atoms with Gasteiger partial charge in [0.05, 0.1) is 12.2 Å². The van der Waals surface area contributed by atoms with Crippen LogP contribution < -0.4 is 0 Å². The number of ether oxygens (including phenoxy) is 2. The number of hydrogen-bond donors (Lipinski definition) is 0. The summed E-state index contributed by atoms with van der Waals surface area (Å²) in [4.78, 5) is 13.2. The van der Waals surface area contributed by atoms with Crippen LogP contribution in [0.4, 0.5) is 13.2 Å². The first-order valence-electron chi connectivity index (χ1n) is 8.32. The van der Waals surface area contributed by atoms with E-state index >= 15 is 0 Å². The summed E-state index contributed by atoms with van der Waals surface area (Å²) < 4.78 is 74.1. The second-order valence-electron chi connectivity index (χ2n) is 6.47. The predicted molar refractivity (Wildman–Crippen MR) is 85.5 cm³/mol. The maximum Gasteiger partial charge on any atom is 0.411 e. The van der Waals surface area contributed by atoms with Crippen molar-refractivity contribution in [1.82, 2.24) is 13.5 Å². The quantitative estimate of drug-likeness (QED) is 0.649. The molecule has 0 saturated carbocycles. The Morgan fingerprint density at radius 1 is 1.08 bits per heavy atom. The van der Waals surface area contributed by atoms with Gasteiger partial charge in [-0.1, -0.05) is 0 Å². The fourth-order valence-corrected chi connectivity index (χ4v) is 4.74. The van der Waals surface area contributed by atoms with E-state index in [9.17, 15) is 26.4 Å². The van der Waals surface area contributed by atoms with E-state index in [0.29, 0.717) is 0 Å². The average molecular weight is 403 g/mol. The number of hydrogen-bond acceptors (Lipinski definition) is 5. The van der Waals surface area contributed by atoms with E-state index in [1.807, 2.05) is 0 Å². The second-order valence-corrected chi connectivity index (χ2v) is 8.40. The van der Waals surface area contributed by atoms with Crippen molar-refractivity contribution in [2.24, 2.45) is 0 Å². The zero-order valence-electron chi connectivity index (χ0n) is 14.7. The minimum Gasteiger partial charge on any atom is -0.373 e. The van der Waals surface area contributed by atoms with Gasteiger partial charge in [0.25, 0.3) is 10.2 Å². The number of amides is 1. The van der Waals surface area contributed by atoms with Crippen molar-refractivity contribution in [3.63, 3.8) is 0 Å². The Morgan fingerprint density at radius 2 is 1.62 bits per heavy atom. The van der Waals surface area contributed by atoms with Gasteiger partial charge in [-0.3, -0.25) is 4.79 Å². The van der Waals surface area contributed by atoms with Gasteiger partial charge >= 0.3 is 6.18 Å². The third-order valence-electron chi connectivity index (χ3n) is 4.12. The molecule has 0 N–H and O–H groups in total. The van der Waals surface area contributed by atoms with Crippen LogP contribution in [0.5, 0.6) is 0 Å². The zero-order valence-corrected chi connectivity index (χ0v) is 15.6. The van der Waals surface area contributed by atoms with E-state index in [2.05, 4.69) is 4.74 Å². The minimum absolute atomic E-state index is 0.0907. The predicted octanol–water partition coefficient (Wildman–Crippen LogP) is 0.0635. The Labute approximate surface area is 151 Å². The topological polar surface area (TPSA) is 79.4 Å². The highest BCUT2D eigenvalue weighted by Gasteiger charge is 2.37. The molecule has 12 heteroatoms. The number of carbonyl (C=O) groups is 1. The highest BCUT2D eigenvalue weighted by Crippen LogP contribution is 2.19. The molecule has 8 nitrogen and oxygen atoms in total. The van der Waals surface area contributed by atoms with E-state index < -0.39 is 35.5 Å². The van der Waals surface area contributed by atoms with Crippen molar-refractivity contribution in [3.8, 4) is 0 Å². The van der Waals surface area contributed by atoms with Crippen molar-refractivity contribution >= 4 is 16.1 Å². The van der Waals surface area contributed by atoms with Crippen LogP contribution in [0.1, 0.15) is 13.8 Å². The molecule has 0 radical (unpaired) electrons. The molecule has 2 unspecified atom stereocenters. The number of rotatable bonds is 5. The van der Waals surface area contributed by atoms with Crippen molar-refractivity contribution < 1.29 is 35.9 Å². The Balaban J connectivity index is 1.84. The fourth-order valence-electron chi connectivity index (χ4n) is 3.00.